The van der Waals surface area contributed by atoms with E-state index >= 15 is 0 Å². The van der Waals surface area contributed by atoms with Crippen LogP contribution in [0.2, 0.25) is 0 Å². The van der Waals surface area contributed by atoms with Gasteiger partial charge in [-0.2, -0.15) is 0 Å². The van der Waals surface area contributed by atoms with Crippen LogP contribution >= 0.6 is 0 Å². The van der Waals surface area contributed by atoms with Crippen molar-refractivity contribution in [3.05, 3.63) is 0 Å². The fourth-order valence-corrected chi connectivity index (χ4v) is 1.37. The van der Waals surface area contributed by atoms with Crippen LogP contribution in [0.5, 0.6) is 0 Å². The molecule has 1 N–H and O–H groups in total. The van der Waals surface area contributed by atoms with E-state index in [-0.39, 0.29) is 12.2 Å². The molecule has 0 fully saturated rings. The highest BCUT2D eigenvalue weighted by atomic mass is 16.5. The predicted octanol–water partition coefficient (Wildman–Crippen LogP) is 2.74. The van der Waals surface area contributed by atoms with Gasteiger partial charge in [-0.15, -0.1) is 0 Å². The summed E-state index contributed by atoms with van der Waals surface area (Å²) in [6.45, 7) is 6.98. The summed E-state index contributed by atoms with van der Waals surface area (Å²) in [7, 11) is 0. The first kappa shape index (κ1) is 12.9. The van der Waals surface area contributed by atoms with E-state index in [0.29, 0.717) is 6.61 Å². The summed E-state index contributed by atoms with van der Waals surface area (Å²) in [5, 5.41) is 8.61. The minimum absolute atomic E-state index is 0.0591. The van der Waals surface area contributed by atoms with Crippen molar-refractivity contribution in [1.82, 2.24) is 0 Å². The Bertz CT molecular complexity index is 111. The third kappa shape index (κ3) is 8.26. The first-order chi connectivity index (χ1) is 6.12. The molecule has 0 spiro atoms. The van der Waals surface area contributed by atoms with Crippen molar-refractivity contribution in [1.29, 1.82) is 0 Å². The van der Waals surface area contributed by atoms with Crippen molar-refractivity contribution >= 4 is 0 Å². The number of rotatable bonds is 8. The highest BCUT2D eigenvalue weighted by molar-refractivity contribution is 4.68. The molecule has 2 heteroatoms. The summed E-state index contributed by atoms with van der Waals surface area (Å²) < 4.78 is 5.51. The number of aliphatic hydroxyl groups excluding tert-OH is 1. The van der Waals surface area contributed by atoms with Crippen molar-refractivity contribution in [2.24, 2.45) is 0 Å². The van der Waals surface area contributed by atoms with Crippen LogP contribution in [0.25, 0.3) is 0 Å². The largest absolute Gasteiger partial charge is 0.394 e. The second kappa shape index (κ2) is 7.34. The standard InChI is InChI=1S/C11H24O2/c1-4-5-6-7-8-11(2,3)13-10-9-12/h12H,4-10H2,1-3H3. The summed E-state index contributed by atoms with van der Waals surface area (Å²) in [5.74, 6) is 0. The molecule has 0 unspecified atom stereocenters. The van der Waals surface area contributed by atoms with Gasteiger partial charge in [-0.25, -0.2) is 0 Å². The second-order valence-electron chi connectivity index (χ2n) is 4.14. The van der Waals surface area contributed by atoms with E-state index in [2.05, 4.69) is 20.8 Å². The first-order valence-corrected chi connectivity index (χ1v) is 5.37. The summed E-state index contributed by atoms with van der Waals surface area (Å²) in [6, 6.07) is 0. The van der Waals surface area contributed by atoms with Crippen molar-refractivity contribution in [2.75, 3.05) is 13.2 Å². The zero-order valence-electron chi connectivity index (χ0n) is 9.31. The lowest BCUT2D eigenvalue weighted by atomic mass is 10.00. The molecule has 0 atom stereocenters. The highest BCUT2D eigenvalue weighted by Crippen LogP contribution is 2.18. The maximum absolute atomic E-state index is 8.61. The lowest BCUT2D eigenvalue weighted by Gasteiger charge is -2.24. The van der Waals surface area contributed by atoms with Gasteiger partial charge >= 0.3 is 0 Å². The average Bonchev–Trinajstić information content (AvgIpc) is 2.09. The third-order valence-corrected chi connectivity index (χ3v) is 2.22. The first-order valence-electron chi connectivity index (χ1n) is 5.37. The minimum Gasteiger partial charge on any atom is -0.394 e. The molecule has 0 aliphatic heterocycles. The van der Waals surface area contributed by atoms with E-state index in [1.54, 1.807) is 0 Å². The van der Waals surface area contributed by atoms with Gasteiger partial charge in [0.25, 0.3) is 0 Å². The van der Waals surface area contributed by atoms with E-state index in [4.69, 9.17) is 9.84 Å². The van der Waals surface area contributed by atoms with Gasteiger partial charge in [0, 0.05) is 0 Å². The fraction of sp³-hybridized carbons (Fsp3) is 1.00. The molecule has 0 heterocycles. The SMILES string of the molecule is CCCCCCC(C)(C)OCCO. The molecule has 0 aliphatic carbocycles. The molecule has 0 aromatic carbocycles. The molecule has 0 bridgehead atoms. The average molecular weight is 188 g/mol. The topological polar surface area (TPSA) is 29.5 Å². The van der Waals surface area contributed by atoms with Crippen molar-refractivity contribution < 1.29 is 9.84 Å². The Morgan fingerprint density at radius 1 is 1.15 bits per heavy atom. The molecule has 0 saturated carbocycles. The molecule has 0 aliphatic rings. The van der Waals surface area contributed by atoms with Gasteiger partial charge in [-0.1, -0.05) is 32.6 Å². The fourth-order valence-electron chi connectivity index (χ4n) is 1.37. The van der Waals surface area contributed by atoms with E-state index < -0.39 is 0 Å². The molecular weight excluding hydrogens is 164 g/mol. The van der Waals surface area contributed by atoms with Gasteiger partial charge < -0.3 is 9.84 Å². The lowest BCUT2D eigenvalue weighted by molar-refractivity contribution is -0.0393. The van der Waals surface area contributed by atoms with Crippen LogP contribution < -0.4 is 0 Å². The van der Waals surface area contributed by atoms with Gasteiger partial charge in [0.15, 0.2) is 0 Å². The molecule has 13 heavy (non-hydrogen) atoms. The number of aliphatic hydroxyl groups is 1. The number of hydrogen-bond acceptors (Lipinski definition) is 2. The van der Waals surface area contributed by atoms with E-state index in [0.717, 1.165) is 6.42 Å². The van der Waals surface area contributed by atoms with Crippen molar-refractivity contribution in [3.8, 4) is 0 Å². The van der Waals surface area contributed by atoms with Crippen LogP contribution in [0.1, 0.15) is 52.9 Å². The van der Waals surface area contributed by atoms with E-state index in [1.807, 2.05) is 0 Å². The molecule has 0 amide bonds. The summed E-state index contributed by atoms with van der Waals surface area (Å²) in [6.07, 6.45) is 6.20. The van der Waals surface area contributed by atoms with Gasteiger partial charge in [0.05, 0.1) is 18.8 Å². The van der Waals surface area contributed by atoms with Crippen LogP contribution in [0.4, 0.5) is 0 Å². The van der Waals surface area contributed by atoms with Gasteiger partial charge in [0.2, 0.25) is 0 Å². The Balaban J connectivity index is 3.39. The zero-order valence-corrected chi connectivity index (χ0v) is 9.31. The van der Waals surface area contributed by atoms with Crippen molar-refractivity contribution in [3.63, 3.8) is 0 Å². The number of ether oxygens (including phenoxy) is 1. The highest BCUT2D eigenvalue weighted by Gasteiger charge is 2.16. The molecule has 80 valence electrons. The number of unbranched alkanes of at least 4 members (excludes halogenated alkanes) is 3. The van der Waals surface area contributed by atoms with Crippen LogP contribution in [0, 0.1) is 0 Å². The smallest absolute Gasteiger partial charge is 0.0704 e. The molecule has 0 saturated heterocycles. The predicted molar refractivity (Wildman–Crippen MR) is 55.9 cm³/mol. The summed E-state index contributed by atoms with van der Waals surface area (Å²) in [5.41, 5.74) is -0.0591. The zero-order chi connectivity index (χ0) is 10.2. The molecule has 2 nitrogen and oxygen atoms in total. The molecule has 0 rings (SSSR count). The van der Waals surface area contributed by atoms with Crippen molar-refractivity contribution in [2.45, 2.75) is 58.5 Å². The second-order valence-corrected chi connectivity index (χ2v) is 4.14. The Kier molecular flexibility index (Phi) is 7.29. The Labute approximate surface area is 82.3 Å². The maximum Gasteiger partial charge on any atom is 0.0704 e. The van der Waals surface area contributed by atoms with Gasteiger partial charge in [0.1, 0.15) is 0 Å². The maximum atomic E-state index is 8.61. The van der Waals surface area contributed by atoms with E-state index in [1.165, 1.54) is 25.7 Å². The molecule has 0 aromatic heterocycles. The Morgan fingerprint density at radius 3 is 2.38 bits per heavy atom. The van der Waals surface area contributed by atoms with Crippen LogP contribution in [-0.4, -0.2) is 23.9 Å². The van der Waals surface area contributed by atoms with Crippen LogP contribution in [0.3, 0.4) is 0 Å². The third-order valence-electron chi connectivity index (χ3n) is 2.22. The van der Waals surface area contributed by atoms with Gasteiger partial charge in [-0.05, 0) is 20.3 Å². The Hall–Kier alpha value is -0.0800. The summed E-state index contributed by atoms with van der Waals surface area (Å²) >= 11 is 0. The lowest BCUT2D eigenvalue weighted by Crippen LogP contribution is -2.25. The van der Waals surface area contributed by atoms with Crippen LogP contribution in [-0.2, 0) is 4.74 Å². The molecule has 0 radical (unpaired) electrons. The molecule has 0 aromatic rings. The van der Waals surface area contributed by atoms with E-state index in [9.17, 15) is 0 Å². The minimum atomic E-state index is -0.0591. The normalized spacial score (nSPS) is 12.0. The quantitative estimate of drug-likeness (QED) is 0.593. The monoisotopic (exact) mass is 188 g/mol. The molecular formula is C11H24O2. The van der Waals surface area contributed by atoms with Crippen LogP contribution in [0.15, 0.2) is 0 Å². The Morgan fingerprint density at radius 2 is 1.85 bits per heavy atom. The summed E-state index contributed by atoms with van der Waals surface area (Å²) in [4.78, 5) is 0. The number of hydrogen-bond donors (Lipinski definition) is 1. The van der Waals surface area contributed by atoms with Gasteiger partial charge in [-0.3, -0.25) is 0 Å².